The van der Waals surface area contributed by atoms with Gasteiger partial charge in [-0.05, 0) is 103 Å². The lowest BCUT2D eigenvalue weighted by atomic mass is 9.73. The molecule has 0 rings (SSSR count). The van der Waals surface area contributed by atoms with E-state index in [-0.39, 0.29) is 11.6 Å². The molecule has 2 atom stereocenters. The summed E-state index contributed by atoms with van der Waals surface area (Å²) < 4.78 is 18.5. The number of ether oxygens (including phenoxy) is 3. The van der Waals surface area contributed by atoms with E-state index in [1.807, 2.05) is 55.4 Å². The highest BCUT2D eigenvalue weighted by Crippen LogP contribution is 2.36. The van der Waals surface area contributed by atoms with Crippen molar-refractivity contribution in [1.29, 1.82) is 0 Å². The topological polar surface area (TPSA) is 134 Å². The molecule has 0 aromatic rings. The minimum atomic E-state index is -1.26. The van der Waals surface area contributed by atoms with Crippen molar-refractivity contribution in [3.05, 3.63) is 4.91 Å². The third kappa shape index (κ3) is 11.5. The zero-order valence-corrected chi connectivity index (χ0v) is 27.5. The molecule has 0 heterocycles. The Kier molecular flexibility index (Phi) is 11.6. The van der Waals surface area contributed by atoms with Gasteiger partial charge in [0.15, 0.2) is 23.4 Å². The molecule has 0 radical (unpaired) electrons. The molecule has 0 saturated heterocycles. The maximum atomic E-state index is 13.5. The Labute approximate surface area is 236 Å². The van der Waals surface area contributed by atoms with Crippen LogP contribution in [0.25, 0.3) is 0 Å². The molecule has 0 aromatic carbocycles. The first-order valence-corrected chi connectivity index (χ1v) is 13.7. The van der Waals surface area contributed by atoms with Crippen molar-refractivity contribution in [2.75, 3.05) is 0 Å². The standard InChI is InChI=1S/C30H56N2O7/c1-19(32-36)21(33)28(11,12)38-26(7,8)18-27(9,10)39-29(13,14)22(34)20(2)37-30(15,16)23(35)24(3,4)17-25(5,6)31/h19-20H,17-18,31H2,1-16H3. The van der Waals surface area contributed by atoms with Crippen LogP contribution in [0.1, 0.15) is 124 Å². The molecule has 0 aliphatic rings. The van der Waals surface area contributed by atoms with E-state index in [4.69, 9.17) is 19.9 Å². The molecular weight excluding hydrogens is 500 g/mol. The predicted octanol–water partition coefficient (Wildman–Crippen LogP) is 5.72. The maximum Gasteiger partial charge on any atom is 0.192 e. The second kappa shape index (κ2) is 12.1. The number of carbonyl (C=O) groups excluding carboxylic acids is 3. The average molecular weight is 557 g/mol. The van der Waals surface area contributed by atoms with Crippen LogP contribution in [0.4, 0.5) is 0 Å². The highest BCUT2D eigenvalue weighted by molar-refractivity contribution is 5.93. The summed E-state index contributed by atoms with van der Waals surface area (Å²) in [5, 5.41) is 2.83. The van der Waals surface area contributed by atoms with E-state index in [9.17, 15) is 19.3 Å². The summed E-state index contributed by atoms with van der Waals surface area (Å²) in [5.74, 6) is -0.864. The van der Waals surface area contributed by atoms with Gasteiger partial charge in [-0.3, -0.25) is 14.4 Å². The summed E-state index contributed by atoms with van der Waals surface area (Å²) >= 11 is 0. The van der Waals surface area contributed by atoms with Crippen molar-refractivity contribution in [1.82, 2.24) is 0 Å². The van der Waals surface area contributed by atoms with Crippen molar-refractivity contribution < 1.29 is 28.6 Å². The lowest BCUT2D eigenvalue weighted by molar-refractivity contribution is -0.199. The molecule has 9 heteroatoms. The van der Waals surface area contributed by atoms with Crippen LogP contribution in [0.3, 0.4) is 0 Å². The van der Waals surface area contributed by atoms with Gasteiger partial charge in [0.2, 0.25) is 0 Å². The van der Waals surface area contributed by atoms with Gasteiger partial charge in [0.05, 0.1) is 11.2 Å². The number of carbonyl (C=O) groups is 3. The van der Waals surface area contributed by atoms with E-state index in [0.717, 1.165) is 0 Å². The first kappa shape index (κ1) is 37.5. The first-order valence-electron chi connectivity index (χ1n) is 13.7. The van der Waals surface area contributed by atoms with Crippen LogP contribution in [0.15, 0.2) is 5.18 Å². The van der Waals surface area contributed by atoms with Gasteiger partial charge in [-0.15, -0.1) is 0 Å². The van der Waals surface area contributed by atoms with Gasteiger partial charge in [0.25, 0.3) is 0 Å². The molecule has 0 aliphatic carbocycles. The zero-order chi connectivity index (χ0) is 31.6. The highest BCUT2D eigenvalue weighted by Gasteiger charge is 2.47. The normalized spacial score (nSPS) is 16.0. The smallest absolute Gasteiger partial charge is 0.192 e. The van der Waals surface area contributed by atoms with Crippen LogP contribution >= 0.6 is 0 Å². The number of nitroso groups, excluding NO2 is 1. The van der Waals surface area contributed by atoms with Crippen LogP contribution in [0.5, 0.6) is 0 Å². The number of hydrogen-bond donors (Lipinski definition) is 1. The Morgan fingerprint density at radius 3 is 1.41 bits per heavy atom. The monoisotopic (exact) mass is 556 g/mol. The molecule has 0 fully saturated rings. The van der Waals surface area contributed by atoms with Crippen LogP contribution < -0.4 is 5.73 Å². The second-order valence-corrected chi connectivity index (χ2v) is 15.1. The Hall–Kier alpha value is -1.55. The molecule has 39 heavy (non-hydrogen) atoms. The lowest BCUT2D eigenvalue weighted by Gasteiger charge is -2.43. The first-order chi connectivity index (χ1) is 16.9. The van der Waals surface area contributed by atoms with E-state index in [1.165, 1.54) is 6.92 Å². The summed E-state index contributed by atoms with van der Waals surface area (Å²) in [6, 6.07) is -1.03. The fourth-order valence-corrected chi connectivity index (χ4v) is 6.20. The Morgan fingerprint density at radius 1 is 0.667 bits per heavy atom. The molecule has 0 aliphatic heterocycles. The van der Waals surface area contributed by atoms with E-state index in [0.29, 0.717) is 12.8 Å². The van der Waals surface area contributed by atoms with Gasteiger partial charge >= 0.3 is 0 Å². The Bertz CT molecular complexity index is 909. The number of nitrogens with two attached hydrogens (primary N) is 1. The summed E-state index contributed by atoms with van der Waals surface area (Å²) in [6.07, 6.45) is -0.130. The van der Waals surface area contributed by atoms with Crippen molar-refractivity contribution >= 4 is 17.3 Å². The molecular formula is C30H56N2O7. The van der Waals surface area contributed by atoms with E-state index in [1.54, 1.807) is 48.5 Å². The number of Topliss-reactive ketones (excluding diaryl/α,β-unsaturated/α-hetero) is 3. The molecule has 0 amide bonds. The quantitative estimate of drug-likeness (QED) is 0.225. The summed E-state index contributed by atoms with van der Waals surface area (Å²) in [4.78, 5) is 50.4. The van der Waals surface area contributed by atoms with Gasteiger partial charge < -0.3 is 19.9 Å². The number of ketones is 3. The van der Waals surface area contributed by atoms with Gasteiger partial charge in [-0.1, -0.05) is 19.0 Å². The zero-order valence-electron chi connectivity index (χ0n) is 27.5. The summed E-state index contributed by atoms with van der Waals surface area (Å²) in [7, 11) is 0. The average Bonchev–Trinajstić information content (AvgIpc) is 2.66. The van der Waals surface area contributed by atoms with Crippen molar-refractivity contribution in [3.63, 3.8) is 0 Å². The summed E-state index contributed by atoms with van der Waals surface area (Å²) in [5.41, 5.74) is -0.538. The minimum Gasteiger partial charge on any atom is -0.362 e. The van der Waals surface area contributed by atoms with Gasteiger partial charge in [0.1, 0.15) is 22.9 Å². The van der Waals surface area contributed by atoms with Crippen molar-refractivity contribution in [3.8, 4) is 0 Å². The second-order valence-electron chi connectivity index (χ2n) is 15.1. The largest absolute Gasteiger partial charge is 0.362 e. The van der Waals surface area contributed by atoms with Gasteiger partial charge in [0, 0.05) is 17.4 Å². The van der Waals surface area contributed by atoms with Crippen LogP contribution in [-0.4, -0.2) is 63.0 Å². The molecule has 9 nitrogen and oxygen atoms in total. The van der Waals surface area contributed by atoms with Crippen LogP contribution in [0.2, 0.25) is 0 Å². The van der Waals surface area contributed by atoms with Crippen molar-refractivity contribution in [2.45, 2.75) is 169 Å². The molecule has 2 unspecified atom stereocenters. The SMILES string of the molecule is CC(N=O)C(=O)C(C)(C)OC(C)(C)CC(C)(C)OC(C)(C)C(=O)C(C)OC(C)(C)C(=O)C(C)(C)CC(C)(C)N. The van der Waals surface area contributed by atoms with Crippen LogP contribution in [0, 0.1) is 10.3 Å². The number of rotatable bonds is 17. The molecule has 2 N–H and O–H groups in total. The van der Waals surface area contributed by atoms with E-state index in [2.05, 4.69) is 5.18 Å². The molecule has 0 spiro atoms. The lowest BCUT2D eigenvalue weighted by Crippen LogP contribution is -2.54. The maximum absolute atomic E-state index is 13.5. The molecule has 228 valence electrons. The number of hydrogen-bond acceptors (Lipinski definition) is 9. The number of nitrogens with zero attached hydrogens (tertiary/aromatic N) is 1. The third-order valence-corrected chi connectivity index (χ3v) is 6.54. The fourth-order valence-electron chi connectivity index (χ4n) is 6.20. The van der Waals surface area contributed by atoms with E-state index < -0.39 is 56.9 Å². The molecule has 0 aromatic heterocycles. The fraction of sp³-hybridized carbons (Fsp3) is 0.900. The Balaban J connectivity index is 5.61. The predicted molar refractivity (Wildman–Crippen MR) is 155 cm³/mol. The molecule has 0 bridgehead atoms. The van der Waals surface area contributed by atoms with Crippen LogP contribution in [-0.2, 0) is 28.6 Å². The third-order valence-electron chi connectivity index (χ3n) is 6.54. The van der Waals surface area contributed by atoms with E-state index >= 15 is 0 Å². The highest BCUT2D eigenvalue weighted by atomic mass is 16.6. The summed E-state index contributed by atoms with van der Waals surface area (Å²) in [6.45, 7) is 27.7. The molecule has 0 saturated carbocycles. The van der Waals surface area contributed by atoms with Crippen molar-refractivity contribution in [2.24, 2.45) is 16.3 Å². The van der Waals surface area contributed by atoms with Gasteiger partial charge in [-0.2, -0.15) is 4.91 Å². The van der Waals surface area contributed by atoms with Gasteiger partial charge in [-0.25, -0.2) is 0 Å². The minimum absolute atomic E-state index is 0.137. The Morgan fingerprint density at radius 2 is 1.05 bits per heavy atom.